The molecule has 0 saturated heterocycles. The van der Waals surface area contributed by atoms with Crippen molar-refractivity contribution in [2.75, 3.05) is 26.3 Å². The maximum absolute atomic E-state index is 12.8. The molecule has 368 valence electrons. The van der Waals surface area contributed by atoms with E-state index in [0.717, 1.165) is 26.0 Å². The van der Waals surface area contributed by atoms with Crippen molar-refractivity contribution in [3.05, 3.63) is 35.6 Å². The maximum Gasteiger partial charge on any atom is 0.407 e. The summed E-state index contributed by atoms with van der Waals surface area (Å²) in [5.41, 5.74) is 22.7. The number of aryl methyl sites for hydroxylation is 2. The molecule has 66 heavy (non-hydrogen) atoms. The molecule has 0 aliphatic carbocycles. The average molecular weight is 942 g/mol. The van der Waals surface area contributed by atoms with E-state index < -0.39 is 133 Å². The fourth-order valence-corrected chi connectivity index (χ4v) is 6.81. The first-order chi connectivity index (χ1) is 31.2. The maximum atomic E-state index is 12.8. The number of carbonyl (C=O) groups excluding carboxylic acids is 4. The van der Waals surface area contributed by atoms with Crippen LogP contribution in [0.2, 0.25) is 0 Å². The van der Waals surface area contributed by atoms with Gasteiger partial charge in [0.1, 0.15) is 12.2 Å². The Morgan fingerprint density at radius 2 is 1.17 bits per heavy atom. The fraction of sp³-hybridized carbons (Fsp3) is 0.622. The molecule has 29 nitrogen and oxygen atoms in total. The average Bonchev–Trinajstić information content (AvgIpc) is 3.70. The Morgan fingerprint density at radius 3 is 1.56 bits per heavy atom. The minimum atomic E-state index is -1.78. The number of nitrogens with zero attached hydrogens (tertiary/aromatic N) is 5. The second-order valence-corrected chi connectivity index (χ2v) is 15.0. The normalized spacial score (nSPS) is 21.8. The number of hydrogen-bond donors (Lipinski definition) is 14. The van der Waals surface area contributed by atoms with Crippen molar-refractivity contribution in [2.45, 2.75) is 120 Å². The lowest BCUT2D eigenvalue weighted by Crippen LogP contribution is -2.61. The highest BCUT2D eigenvalue weighted by Crippen LogP contribution is 2.28. The first-order valence-corrected chi connectivity index (χ1v) is 20.6. The van der Waals surface area contributed by atoms with Gasteiger partial charge in [0.05, 0.1) is 43.1 Å². The van der Waals surface area contributed by atoms with Crippen LogP contribution in [0, 0.1) is 0 Å². The Kier molecular flexibility index (Phi) is 21.1. The molecule has 4 amide bonds. The molecule has 2 aliphatic rings. The van der Waals surface area contributed by atoms with Crippen LogP contribution < -0.4 is 44.2 Å². The molecule has 1 aromatic rings. The van der Waals surface area contributed by atoms with Gasteiger partial charge in [-0.05, 0) is 50.7 Å². The molecule has 0 aromatic carbocycles. The summed E-state index contributed by atoms with van der Waals surface area (Å²) in [5.74, 6) is -6.48. The van der Waals surface area contributed by atoms with E-state index in [1.54, 1.807) is 10.9 Å². The highest BCUT2D eigenvalue weighted by Gasteiger charge is 2.48. The standard InChI is InChI=1S/C37H59N13O16/c1-17(53)44-26-20(46-34(38)39)12-24(32(57)58)63-30(26)28(22(55)15-51)65-36(61)42-9-5-3-7-11-50-14-19(48-49-50)8-4-6-10-43-37(62)66-29(23(56)16-52)31-27(45-18(2)54)21(47-35(40)41)13-25(64-31)33(59)60/h12-14,20-23,26-31,51-52,55-56H,3-11,15-16H2,1-2H3,(H,42,61)(H,43,62)(H,44,53)(H,45,54)(H,57,58)(H,59,60)(H4,38,39,46)(H4,40,41,47)/t20-,21-,22+,23+,26+,27+,28+,29+,30+,31+/m0/s1. The first-order valence-electron chi connectivity index (χ1n) is 20.6. The zero-order valence-corrected chi connectivity index (χ0v) is 36.1. The van der Waals surface area contributed by atoms with E-state index >= 15 is 0 Å². The molecular formula is C37H59N13O16. The van der Waals surface area contributed by atoms with Gasteiger partial charge in [-0.25, -0.2) is 29.2 Å². The van der Waals surface area contributed by atoms with Gasteiger partial charge in [-0.15, -0.1) is 5.10 Å². The molecule has 0 unspecified atom stereocenters. The van der Waals surface area contributed by atoms with Crippen LogP contribution in [0.5, 0.6) is 0 Å². The van der Waals surface area contributed by atoms with E-state index in [4.69, 9.17) is 41.9 Å². The topological polar surface area (TPSA) is 468 Å². The van der Waals surface area contributed by atoms with Crippen LogP contribution in [0.3, 0.4) is 0 Å². The summed E-state index contributed by atoms with van der Waals surface area (Å²) in [6.45, 7) is 1.17. The number of unbranched alkanes of at least 4 members (excludes halogenated alkanes) is 3. The van der Waals surface area contributed by atoms with Crippen molar-refractivity contribution < 1.29 is 78.4 Å². The van der Waals surface area contributed by atoms with Crippen LogP contribution in [0.1, 0.15) is 51.6 Å². The van der Waals surface area contributed by atoms with Gasteiger partial charge in [0.15, 0.2) is 36.3 Å². The van der Waals surface area contributed by atoms with Gasteiger partial charge in [0.25, 0.3) is 0 Å². The molecular weight excluding hydrogens is 882 g/mol. The van der Waals surface area contributed by atoms with E-state index in [1.165, 1.54) is 0 Å². The molecule has 29 heteroatoms. The third kappa shape index (κ3) is 16.9. The Labute approximate surface area is 376 Å². The van der Waals surface area contributed by atoms with Gasteiger partial charge in [-0.3, -0.25) is 14.3 Å². The van der Waals surface area contributed by atoms with Crippen LogP contribution in [-0.2, 0) is 51.1 Å². The molecule has 18 N–H and O–H groups in total. The summed E-state index contributed by atoms with van der Waals surface area (Å²) in [4.78, 5) is 81.2. The van der Waals surface area contributed by atoms with Crippen LogP contribution in [0.25, 0.3) is 0 Å². The van der Waals surface area contributed by atoms with Crippen molar-refractivity contribution in [2.24, 2.45) is 32.9 Å². The number of aliphatic imine (C=N–C) groups is 2. The molecule has 10 atom stereocenters. The Morgan fingerprint density at radius 1 is 0.727 bits per heavy atom. The summed E-state index contributed by atoms with van der Waals surface area (Å²) >= 11 is 0. The minimum Gasteiger partial charge on any atom is -0.477 e. The minimum absolute atomic E-state index is 0.103. The third-order valence-electron chi connectivity index (χ3n) is 9.69. The van der Waals surface area contributed by atoms with Crippen molar-refractivity contribution in [3.63, 3.8) is 0 Å². The number of alkyl carbamates (subject to hydrolysis) is 2. The van der Waals surface area contributed by atoms with Gasteiger partial charge in [0.2, 0.25) is 23.3 Å². The van der Waals surface area contributed by atoms with Crippen molar-refractivity contribution in [1.82, 2.24) is 36.3 Å². The Bertz CT molecular complexity index is 1950. The summed E-state index contributed by atoms with van der Waals surface area (Å²) in [6.07, 6.45) is -5.07. The molecule has 1 aromatic heterocycles. The van der Waals surface area contributed by atoms with Crippen molar-refractivity contribution in [1.29, 1.82) is 0 Å². The predicted molar refractivity (Wildman–Crippen MR) is 225 cm³/mol. The molecule has 0 fully saturated rings. The highest BCUT2D eigenvalue weighted by molar-refractivity contribution is 5.86. The number of aromatic nitrogens is 3. The van der Waals surface area contributed by atoms with Gasteiger partial charge >= 0.3 is 24.1 Å². The third-order valence-corrected chi connectivity index (χ3v) is 9.69. The highest BCUT2D eigenvalue weighted by atomic mass is 16.6. The van der Waals surface area contributed by atoms with Crippen molar-refractivity contribution in [3.8, 4) is 0 Å². The lowest BCUT2D eigenvalue weighted by atomic mass is 9.92. The second kappa shape index (κ2) is 26.1. The molecule has 0 spiro atoms. The van der Waals surface area contributed by atoms with E-state index in [0.29, 0.717) is 50.8 Å². The van der Waals surface area contributed by atoms with E-state index in [9.17, 15) is 59.4 Å². The summed E-state index contributed by atoms with van der Waals surface area (Å²) in [6, 6.07) is -4.87. The SMILES string of the molecule is CC(=O)N[C@H]1[C@H]([C@H](OC(=O)NCCCCCn2cc(CCCCNC(=O)O[C@@H]([C@@H]3OC(C(=O)O)=C[C@H](N=C(N)N)[C@H]3NC(C)=O)[C@H](O)CO)nn2)[C@H](O)CO)OC(C(=O)O)=C[C@@H]1N=C(N)N. The number of ether oxygens (including phenoxy) is 4. The van der Waals surface area contributed by atoms with Crippen LogP contribution in [0.4, 0.5) is 9.59 Å². The number of aliphatic hydroxyl groups excluding tert-OH is 4. The summed E-state index contributed by atoms with van der Waals surface area (Å²) in [5, 5.41) is 78.1. The number of hydrogen-bond acceptors (Lipinski definition) is 18. The fourth-order valence-electron chi connectivity index (χ4n) is 6.81. The molecule has 2 aliphatic heterocycles. The molecule has 0 saturated carbocycles. The Balaban J connectivity index is 1.45. The largest absolute Gasteiger partial charge is 0.477 e. The number of aliphatic carboxylic acids is 2. The molecule has 3 heterocycles. The number of carbonyl (C=O) groups is 6. The Hall–Kier alpha value is -6.98. The summed E-state index contributed by atoms with van der Waals surface area (Å²) < 4.78 is 23.4. The molecule has 0 bridgehead atoms. The van der Waals surface area contributed by atoms with Crippen LogP contribution in [-0.4, -0.2) is 181 Å². The number of nitrogens with one attached hydrogen (secondary N) is 4. The number of rotatable bonds is 25. The van der Waals surface area contributed by atoms with Gasteiger partial charge < -0.3 is 93.8 Å². The number of carboxylic acid groups (broad SMARTS) is 2. The smallest absolute Gasteiger partial charge is 0.407 e. The second-order valence-electron chi connectivity index (χ2n) is 15.0. The van der Waals surface area contributed by atoms with E-state index in [1.807, 2.05) is 0 Å². The zero-order valence-electron chi connectivity index (χ0n) is 36.1. The number of nitrogens with two attached hydrogens (primary N) is 4. The van der Waals surface area contributed by atoms with E-state index in [2.05, 4.69) is 41.6 Å². The van der Waals surface area contributed by atoms with Gasteiger partial charge in [-0.1, -0.05) is 5.21 Å². The van der Waals surface area contributed by atoms with Crippen LogP contribution in [0.15, 0.2) is 39.9 Å². The van der Waals surface area contributed by atoms with Gasteiger partial charge in [0, 0.05) is 39.7 Å². The zero-order chi connectivity index (χ0) is 49.1. The molecule has 0 radical (unpaired) electrons. The number of carboxylic acids is 2. The summed E-state index contributed by atoms with van der Waals surface area (Å²) in [7, 11) is 0. The van der Waals surface area contributed by atoms with Crippen molar-refractivity contribution >= 4 is 47.9 Å². The lowest BCUT2D eigenvalue weighted by molar-refractivity contribution is -0.147. The lowest BCUT2D eigenvalue weighted by Gasteiger charge is -2.39. The predicted octanol–water partition coefficient (Wildman–Crippen LogP) is -5.30. The monoisotopic (exact) mass is 941 g/mol. The number of aliphatic hydroxyl groups is 4. The van der Waals surface area contributed by atoms with E-state index in [-0.39, 0.29) is 13.1 Å². The first kappa shape index (κ1) is 53.4. The van der Waals surface area contributed by atoms with Gasteiger partial charge in [-0.2, -0.15) is 0 Å². The van der Waals surface area contributed by atoms with Crippen LogP contribution >= 0.6 is 0 Å². The molecule has 3 rings (SSSR count). The number of guanidine groups is 2. The quantitative estimate of drug-likeness (QED) is 0.0247. The number of amides is 4.